The van der Waals surface area contributed by atoms with Gasteiger partial charge >= 0.3 is 0 Å². The van der Waals surface area contributed by atoms with E-state index < -0.39 is 17.7 Å². The molecule has 0 aliphatic rings. The molecule has 0 radical (unpaired) electrons. The monoisotopic (exact) mass is 361 g/mol. The molecular formula is C14H11BrClF2NO. The van der Waals surface area contributed by atoms with Crippen molar-refractivity contribution in [2.24, 2.45) is 5.73 Å². The Balaban J connectivity index is 2.57. The summed E-state index contributed by atoms with van der Waals surface area (Å²) in [7, 11) is 1.40. The van der Waals surface area contributed by atoms with Crippen molar-refractivity contribution in [3.05, 3.63) is 62.6 Å². The molecule has 0 spiro atoms. The molecular weight excluding hydrogens is 352 g/mol. The number of methoxy groups -OCH3 is 1. The zero-order valence-electron chi connectivity index (χ0n) is 10.5. The van der Waals surface area contributed by atoms with Crippen LogP contribution in [0.25, 0.3) is 0 Å². The van der Waals surface area contributed by atoms with Gasteiger partial charge in [0.25, 0.3) is 0 Å². The van der Waals surface area contributed by atoms with E-state index in [0.717, 1.165) is 0 Å². The van der Waals surface area contributed by atoms with Gasteiger partial charge in [0.05, 0.1) is 23.7 Å². The number of hydrogen-bond acceptors (Lipinski definition) is 2. The molecule has 0 aromatic heterocycles. The Labute approximate surface area is 128 Å². The minimum absolute atomic E-state index is 0.0901. The number of rotatable bonds is 3. The summed E-state index contributed by atoms with van der Waals surface area (Å²) in [4.78, 5) is 0. The maximum atomic E-state index is 14.0. The van der Waals surface area contributed by atoms with Crippen LogP contribution in [-0.4, -0.2) is 7.11 Å². The molecule has 106 valence electrons. The van der Waals surface area contributed by atoms with E-state index in [1.807, 2.05) is 0 Å². The van der Waals surface area contributed by atoms with E-state index >= 15 is 0 Å². The highest BCUT2D eigenvalue weighted by Gasteiger charge is 2.22. The topological polar surface area (TPSA) is 35.2 Å². The number of halogens is 4. The van der Waals surface area contributed by atoms with E-state index in [2.05, 4.69) is 15.9 Å². The first-order valence-electron chi connectivity index (χ1n) is 5.68. The normalized spacial score (nSPS) is 12.3. The van der Waals surface area contributed by atoms with Gasteiger partial charge in [0.15, 0.2) is 0 Å². The van der Waals surface area contributed by atoms with E-state index in [4.69, 9.17) is 22.1 Å². The van der Waals surface area contributed by atoms with Crippen molar-refractivity contribution in [2.75, 3.05) is 7.11 Å². The van der Waals surface area contributed by atoms with Gasteiger partial charge in [-0.05, 0) is 40.2 Å². The van der Waals surface area contributed by atoms with Gasteiger partial charge < -0.3 is 10.5 Å². The lowest BCUT2D eigenvalue weighted by Crippen LogP contribution is -2.16. The Morgan fingerprint density at radius 1 is 1.25 bits per heavy atom. The van der Waals surface area contributed by atoms with Gasteiger partial charge in [-0.25, -0.2) is 8.78 Å². The number of nitrogens with two attached hydrogens (primary N) is 1. The third-order valence-corrected chi connectivity index (χ3v) is 4.12. The minimum Gasteiger partial charge on any atom is -0.496 e. The van der Waals surface area contributed by atoms with Crippen molar-refractivity contribution in [2.45, 2.75) is 6.04 Å². The molecule has 2 aromatic rings. The number of ether oxygens (including phenoxy) is 1. The van der Waals surface area contributed by atoms with Gasteiger partial charge in [-0.2, -0.15) is 0 Å². The number of hydrogen-bond donors (Lipinski definition) is 1. The van der Waals surface area contributed by atoms with E-state index in [1.165, 1.54) is 31.4 Å². The van der Waals surface area contributed by atoms with E-state index in [-0.39, 0.29) is 16.9 Å². The Morgan fingerprint density at radius 2 is 1.95 bits per heavy atom. The summed E-state index contributed by atoms with van der Waals surface area (Å²) in [6.45, 7) is 0. The van der Waals surface area contributed by atoms with Crippen LogP contribution in [0.2, 0.25) is 5.02 Å². The van der Waals surface area contributed by atoms with Gasteiger partial charge in [-0.3, -0.25) is 0 Å². The molecule has 0 aliphatic carbocycles. The molecule has 0 saturated heterocycles. The average Bonchev–Trinajstić information content (AvgIpc) is 2.41. The van der Waals surface area contributed by atoms with Crippen LogP contribution in [0.3, 0.4) is 0 Å². The Kier molecular flexibility index (Phi) is 4.62. The lowest BCUT2D eigenvalue weighted by atomic mass is 9.97. The van der Waals surface area contributed by atoms with Crippen molar-refractivity contribution in [3.8, 4) is 5.75 Å². The molecule has 6 heteroatoms. The third kappa shape index (κ3) is 2.80. The van der Waals surface area contributed by atoms with Crippen LogP contribution in [0.5, 0.6) is 5.75 Å². The van der Waals surface area contributed by atoms with Crippen LogP contribution < -0.4 is 10.5 Å². The van der Waals surface area contributed by atoms with Crippen molar-refractivity contribution in [1.29, 1.82) is 0 Å². The first-order valence-corrected chi connectivity index (χ1v) is 6.85. The van der Waals surface area contributed by atoms with E-state index in [9.17, 15) is 8.78 Å². The fourth-order valence-corrected chi connectivity index (χ4v) is 2.42. The lowest BCUT2D eigenvalue weighted by Gasteiger charge is -2.18. The Bertz CT molecular complexity index is 651. The molecule has 0 fully saturated rings. The second-order valence-corrected chi connectivity index (χ2v) is 5.38. The minimum atomic E-state index is -1.02. The Hall–Kier alpha value is -1.17. The molecule has 0 aliphatic heterocycles. The van der Waals surface area contributed by atoms with E-state index in [1.54, 1.807) is 6.07 Å². The molecule has 2 nitrogen and oxygen atoms in total. The van der Waals surface area contributed by atoms with Crippen molar-refractivity contribution in [3.63, 3.8) is 0 Å². The van der Waals surface area contributed by atoms with Crippen LogP contribution >= 0.6 is 27.5 Å². The van der Waals surface area contributed by atoms with Crippen LogP contribution in [0.1, 0.15) is 17.2 Å². The molecule has 2 N–H and O–H groups in total. The predicted octanol–water partition coefficient (Wildman–Crippen LogP) is 4.44. The maximum Gasteiger partial charge on any atom is 0.132 e. The van der Waals surface area contributed by atoms with Gasteiger partial charge in [0.2, 0.25) is 0 Å². The SMILES string of the molecule is COc1cccc(F)c1C(N)c1cc(Cl)c(Br)cc1F. The molecule has 2 rings (SSSR count). The average molecular weight is 363 g/mol. The van der Waals surface area contributed by atoms with Crippen LogP contribution in [0.15, 0.2) is 34.8 Å². The van der Waals surface area contributed by atoms with Crippen LogP contribution in [0.4, 0.5) is 8.78 Å². The van der Waals surface area contributed by atoms with Gasteiger partial charge in [-0.15, -0.1) is 0 Å². The highest BCUT2D eigenvalue weighted by Crippen LogP contribution is 2.35. The lowest BCUT2D eigenvalue weighted by molar-refractivity contribution is 0.401. The molecule has 0 amide bonds. The quantitative estimate of drug-likeness (QED) is 0.820. The molecule has 1 atom stereocenters. The highest BCUT2D eigenvalue weighted by molar-refractivity contribution is 9.10. The summed E-state index contributed by atoms with van der Waals surface area (Å²) in [5, 5.41) is 0.298. The highest BCUT2D eigenvalue weighted by atomic mass is 79.9. The van der Waals surface area contributed by atoms with Gasteiger partial charge in [-0.1, -0.05) is 17.7 Å². The molecule has 20 heavy (non-hydrogen) atoms. The first-order chi connectivity index (χ1) is 9.45. The summed E-state index contributed by atoms with van der Waals surface area (Å²) in [6, 6.07) is 5.86. The zero-order chi connectivity index (χ0) is 14.9. The van der Waals surface area contributed by atoms with Crippen molar-refractivity contribution in [1.82, 2.24) is 0 Å². The first kappa shape index (κ1) is 15.2. The predicted molar refractivity (Wildman–Crippen MR) is 78.1 cm³/mol. The summed E-state index contributed by atoms with van der Waals surface area (Å²) in [5.74, 6) is -0.870. The molecule has 0 saturated carbocycles. The zero-order valence-corrected chi connectivity index (χ0v) is 12.8. The maximum absolute atomic E-state index is 14.0. The molecule has 0 bridgehead atoms. The second-order valence-electron chi connectivity index (χ2n) is 4.12. The largest absolute Gasteiger partial charge is 0.496 e. The summed E-state index contributed by atoms with van der Waals surface area (Å²) in [5.41, 5.74) is 6.17. The fourth-order valence-electron chi connectivity index (χ4n) is 1.93. The Morgan fingerprint density at radius 3 is 2.60 bits per heavy atom. The smallest absolute Gasteiger partial charge is 0.132 e. The number of benzene rings is 2. The molecule has 2 aromatic carbocycles. The molecule has 0 heterocycles. The molecule has 1 unspecified atom stereocenters. The van der Waals surface area contributed by atoms with Crippen LogP contribution in [-0.2, 0) is 0 Å². The summed E-state index contributed by atoms with van der Waals surface area (Å²) >= 11 is 9.05. The van der Waals surface area contributed by atoms with Crippen LogP contribution in [0, 0.1) is 11.6 Å². The van der Waals surface area contributed by atoms with Crippen molar-refractivity contribution < 1.29 is 13.5 Å². The fraction of sp³-hybridized carbons (Fsp3) is 0.143. The second kappa shape index (κ2) is 6.08. The standard InChI is InChI=1S/C14H11BrClF2NO/c1-20-12-4-2-3-10(17)13(12)14(19)7-5-9(16)8(15)6-11(7)18/h2-6,14H,19H2,1H3. The third-order valence-electron chi connectivity index (χ3n) is 2.92. The van der Waals surface area contributed by atoms with Crippen molar-refractivity contribution >= 4 is 27.5 Å². The van der Waals surface area contributed by atoms with Gasteiger partial charge in [0.1, 0.15) is 17.4 Å². The summed E-state index contributed by atoms with van der Waals surface area (Å²) in [6.07, 6.45) is 0. The summed E-state index contributed by atoms with van der Waals surface area (Å²) < 4.78 is 33.5. The van der Waals surface area contributed by atoms with E-state index in [0.29, 0.717) is 9.50 Å². The van der Waals surface area contributed by atoms with Gasteiger partial charge in [0, 0.05) is 10.0 Å².